The van der Waals surface area contributed by atoms with Crippen molar-refractivity contribution in [3.63, 3.8) is 0 Å². The Morgan fingerprint density at radius 1 is 1.31 bits per heavy atom. The van der Waals surface area contributed by atoms with Gasteiger partial charge in [0.1, 0.15) is 0 Å². The van der Waals surface area contributed by atoms with Crippen LogP contribution in [-0.2, 0) is 4.74 Å². The van der Waals surface area contributed by atoms with E-state index in [1.165, 1.54) is 30.8 Å². The number of aliphatic hydroxyl groups is 1. The molecule has 2 atom stereocenters. The van der Waals surface area contributed by atoms with Crippen LogP contribution in [0.4, 0.5) is 0 Å². The zero-order valence-electron chi connectivity index (χ0n) is 9.86. The molecule has 1 aliphatic heterocycles. The summed E-state index contributed by atoms with van der Waals surface area (Å²) >= 11 is 2.04. The van der Waals surface area contributed by atoms with E-state index in [1.54, 1.807) is 0 Å². The van der Waals surface area contributed by atoms with E-state index in [0.29, 0.717) is 13.2 Å². The molecule has 1 heterocycles. The lowest BCUT2D eigenvalue weighted by molar-refractivity contribution is 0.0323. The quantitative estimate of drug-likeness (QED) is 0.672. The highest BCUT2D eigenvalue weighted by atomic mass is 32.2. The molecule has 4 heteroatoms. The number of aliphatic hydroxyl groups excluding tert-OH is 1. The molecule has 16 heavy (non-hydrogen) atoms. The molecule has 94 valence electrons. The van der Waals surface area contributed by atoms with Gasteiger partial charge in [0.15, 0.2) is 0 Å². The summed E-state index contributed by atoms with van der Waals surface area (Å²) in [5.41, 5.74) is 0. The van der Waals surface area contributed by atoms with Gasteiger partial charge in [0.25, 0.3) is 0 Å². The van der Waals surface area contributed by atoms with Gasteiger partial charge in [-0.2, -0.15) is 11.8 Å². The molecule has 2 unspecified atom stereocenters. The second-order valence-corrected chi connectivity index (χ2v) is 6.17. The zero-order valence-corrected chi connectivity index (χ0v) is 10.7. The summed E-state index contributed by atoms with van der Waals surface area (Å²) in [5, 5.41) is 13.0. The molecule has 2 aliphatic rings. The van der Waals surface area contributed by atoms with Crippen molar-refractivity contribution in [3.8, 4) is 0 Å². The largest absolute Gasteiger partial charge is 0.389 e. The Balaban J connectivity index is 1.41. The second-order valence-electron chi connectivity index (χ2n) is 5.02. The Morgan fingerprint density at radius 3 is 2.88 bits per heavy atom. The lowest BCUT2D eigenvalue weighted by Crippen LogP contribution is -2.33. The fourth-order valence-corrected chi connectivity index (χ4v) is 3.20. The minimum Gasteiger partial charge on any atom is -0.389 e. The molecule has 2 N–H and O–H groups in total. The van der Waals surface area contributed by atoms with Crippen molar-refractivity contribution >= 4 is 11.8 Å². The smallest absolute Gasteiger partial charge is 0.0897 e. The maximum Gasteiger partial charge on any atom is 0.0897 e. The van der Waals surface area contributed by atoms with Gasteiger partial charge in [-0.15, -0.1) is 0 Å². The van der Waals surface area contributed by atoms with Crippen LogP contribution in [0.1, 0.15) is 19.3 Å². The highest BCUT2D eigenvalue weighted by molar-refractivity contribution is 7.99. The summed E-state index contributed by atoms with van der Waals surface area (Å²) in [6.07, 6.45) is 3.61. The standard InChI is InChI=1S/C12H23NO2S/c14-12(8-15-7-10-1-2-10)6-13-5-11-3-4-16-9-11/h10-14H,1-9H2. The third kappa shape index (κ3) is 5.04. The summed E-state index contributed by atoms with van der Waals surface area (Å²) in [4.78, 5) is 0. The van der Waals surface area contributed by atoms with Crippen molar-refractivity contribution in [3.05, 3.63) is 0 Å². The Morgan fingerprint density at radius 2 is 2.19 bits per heavy atom. The molecule has 0 amide bonds. The van der Waals surface area contributed by atoms with Gasteiger partial charge >= 0.3 is 0 Å². The van der Waals surface area contributed by atoms with E-state index in [-0.39, 0.29) is 6.10 Å². The van der Waals surface area contributed by atoms with E-state index < -0.39 is 0 Å². The number of thioether (sulfide) groups is 1. The van der Waals surface area contributed by atoms with Crippen LogP contribution in [0.3, 0.4) is 0 Å². The summed E-state index contributed by atoms with van der Waals surface area (Å²) < 4.78 is 5.45. The predicted octanol–water partition coefficient (Wildman–Crippen LogP) is 1.12. The van der Waals surface area contributed by atoms with Crippen molar-refractivity contribution in [1.82, 2.24) is 5.32 Å². The Kier molecular flexibility index (Phi) is 5.42. The highest BCUT2D eigenvalue weighted by Gasteiger charge is 2.21. The molecule has 0 spiro atoms. The van der Waals surface area contributed by atoms with Gasteiger partial charge in [0, 0.05) is 13.2 Å². The zero-order chi connectivity index (χ0) is 11.2. The first-order chi connectivity index (χ1) is 7.84. The summed E-state index contributed by atoms with van der Waals surface area (Å²) in [6, 6.07) is 0. The minimum atomic E-state index is -0.340. The first-order valence-corrected chi connectivity index (χ1v) is 7.54. The first-order valence-electron chi connectivity index (χ1n) is 6.39. The van der Waals surface area contributed by atoms with Gasteiger partial charge < -0.3 is 15.2 Å². The molecular formula is C12H23NO2S. The van der Waals surface area contributed by atoms with Gasteiger partial charge in [-0.05, 0) is 49.1 Å². The molecular weight excluding hydrogens is 222 g/mol. The van der Waals surface area contributed by atoms with Crippen LogP contribution in [-0.4, -0.2) is 49.0 Å². The Labute approximate surface area is 102 Å². The number of hydrogen-bond acceptors (Lipinski definition) is 4. The number of hydrogen-bond donors (Lipinski definition) is 2. The molecule has 0 bridgehead atoms. The van der Waals surface area contributed by atoms with Crippen molar-refractivity contribution in [2.75, 3.05) is 37.8 Å². The van der Waals surface area contributed by atoms with Crippen LogP contribution in [0.5, 0.6) is 0 Å². The molecule has 1 saturated heterocycles. The van der Waals surface area contributed by atoms with Crippen molar-refractivity contribution in [2.45, 2.75) is 25.4 Å². The normalized spacial score (nSPS) is 27.2. The molecule has 0 radical (unpaired) electrons. The van der Waals surface area contributed by atoms with E-state index >= 15 is 0 Å². The monoisotopic (exact) mass is 245 g/mol. The molecule has 2 fully saturated rings. The molecule has 2 rings (SSSR count). The van der Waals surface area contributed by atoms with Crippen LogP contribution in [0.25, 0.3) is 0 Å². The second kappa shape index (κ2) is 6.84. The first kappa shape index (κ1) is 12.7. The van der Waals surface area contributed by atoms with Gasteiger partial charge in [0.2, 0.25) is 0 Å². The summed E-state index contributed by atoms with van der Waals surface area (Å²) in [6.45, 7) is 3.05. The molecule has 0 aromatic heterocycles. The number of nitrogens with one attached hydrogen (secondary N) is 1. The lowest BCUT2D eigenvalue weighted by Gasteiger charge is -2.14. The maximum absolute atomic E-state index is 9.66. The van der Waals surface area contributed by atoms with Gasteiger partial charge in [-0.25, -0.2) is 0 Å². The van der Waals surface area contributed by atoms with Crippen LogP contribution in [0, 0.1) is 11.8 Å². The molecule has 0 aromatic rings. The lowest BCUT2D eigenvalue weighted by atomic mass is 10.1. The highest BCUT2D eigenvalue weighted by Crippen LogP contribution is 2.28. The van der Waals surface area contributed by atoms with Crippen molar-refractivity contribution in [1.29, 1.82) is 0 Å². The third-order valence-electron chi connectivity index (χ3n) is 3.20. The van der Waals surface area contributed by atoms with E-state index in [1.807, 2.05) is 11.8 Å². The predicted molar refractivity (Wildman–Crippen MR) is 67.9 cm³/mol. The SMILES string of the molecule is OC(CNCC1CCSC1)COCC1CC1. The van der Waals surface area contributed by atoms with E-state index in [4.69, 9.17) is 4.74 Å². The summed E-state index contributed by atoms with van der Waals surface area (Å²) in [7, 11) is 0. The summed E-state index contributed by atoms with van der Waals surface area (Å²) in [5.74, 6) is 4.18. The average Bonchev–Trinajstić information content (AvgIpc) is 2.94. The van der Waals surface area contributed by atoms with Gasteiger partial charge in [-0.3, -0.25) is 0 Å². The molecule has 3 nitrogen and oxygen atoms in total. The van der Waals surface area contributed by atoms with Crippen LogP contribution >= 0.6 is 11.8 Å². The Bertz CT molecular complexity index is 193. The minimum absolute atomic E-state index is 0.340. The fraction of sp³-hybridized carbons (Fsp3) is 1.00. The van der Waals surface area contributed by atoms with E-state index in [9.17, 15) is 5.11 Å². The van der Waals surface area contributed by atoms with Crippen LogP contribution < -0.4 is 5.32 Å². The Hall–Kier alpha value is 0.230. The van der Waals surface area contributed by atoms with Crippen molar-refractivity contribution in [2.24, 2.45) is 11.8 Å². The fourth-order valence-electron chi connectivity index (χ4n) is 1.91. The topological polar surface area (TPSA) is 41.5 Å². The van der Waals surface area contributed by atoms with Crippen molar-refractivity contribution < 1.29 is 9.84 Å². The van der Waals surface area contributed by atoms with Crippen LogP contribution in [0.15, 0.2) is 0 Å². The van der Waals surface area contributed by atoms with Crippen LogP contribution in [0.2, 0.25) is 0 Å². The van der Waals surface area contributed by atoms with Gasteiger partial charge in [-0.1, -0.05) is 0 Å². The maximum atomic E-state index is 9.66. The molecule has 0 aromatic carbocycles. The molecule has 1 aliphatic carbocycles. The molecule has 1 saturated carbocycles. The van der Waals surface area contributed by atoms with E-state index in [2.05, 4.69) is 5.32 Å². The number of rotatable bonds is 8. The number of ether oxygens (including phenoxy) is 1. The third-order valence-corrected chi connectivity index (χ3v) is 4.43. The van der Waals surface area contributed by atoms with E-state index in [0.717, 1.165) is 25.0 Å². The van der Waals surface area contributed by atoms with Gasteiger partial charge in [0.05, 0.1) is 12.7 Å². The average molecular weight is 245 g/mol.